The van der Waals surface area contributed by atoms with Gasteiger partial charge in [-0.25, -0.2) is 10.3 Å². The van der Waals surface area contributed by atoms with Crippen molar-refractivity contribution in [3.63, 3.8) is 0 Å². The lowest BCUT2D eigenvalue weighted by Crippen LogP contribution is -2.18. The van der Waals surface area contributed by atoms with Gasteiger partial charge in [-0.15, -0.1) is 0 Å². The van der Waals surface area contributed by atoms with Crippen LogP contribution in [0.25, 0.3) is 0 Å². The van der Waals surface area contributed by atoms with Gasteiger partial charge >= 0.3 is 0 Å². The summed E-state index contributed by atoms with van der Waals surface area (Å²) in [7, 11) is 0. The van der Waals surface area contributed by atoms with Gasteiger partial charge in [-0.1, -0.05) is 6.07 Å². The second kappa shape index (κ2) is 3.22. The third-order valence-electron chi connectivity index (χ3n) is 2.77. The van der Waals surface area contributed by atoms with E-state index in [4.69, 9.17) is 11.0 Å². The van der Waals surface area contributed by atoms with E-state index in [-0.39, 0.29) is 11.2 Å². The standard InChI is InChI=1S/C10H12FNO2/c11-8-5-7(1-2-9(8)13)10(3-4-10)6-14-12/h1-2,5,13H,3-4,6,12H2. The number of phenolic OH excluding ortho intramolecular Hbond substituents is 1. The first kappa shape index (κ1) is 9.43. The van der Waals surface area contributed by atoms with Crippen LogP contribution in [0.2, 0.25) is 0 Å². The summed E-state index contributed by atoms with van der Waals surface area (Å²) < 4.78 is 13.1. The molecular formula is C10H12FNO2. The van der Waals surface area contributed by atoms with Crippen LogP contribution in [0.3, 0.4) is 0 Å². The van der Waals surface area contributed by atoms with Crippen LogP contribution in [0.4, 0.5) is 4.39 Å². The number of nitrogens with two attached hydrogens (primary N) is 1. The highest BCUT2D eigenvalue weighted by molar-refractivity contribution is 5.36. The number of hydrogen-bond donors (Lipinski definition) is 2. The fourth-order valence-electron chi connectivity index (χ4n) is 1.66. The molecule has 1 fully saturated rings. The number of benzene rings is 1. The molecule has 1 aliphatic rings. The van der Waals surface area contributed by atoms with Crippen LogP contribution >= 0.6 is 0 Å². The molecule has 0 aromatic heterocycles. The Morgan fingerprint density at radius 1 is 1.50 bits per heavy atom. The van der Waals surface area contributed by atoms with E-state index in [2.05, 4.69) is 4.84 Å². The first-order chi connectivity index (χ1) is 6.68. The molecule has 76 valence electrons. The lowest BCUT2D eigenvalue weighted by Gasteiger charge is -2.13. The highest BCUT2D eigenvalue weighted by atomic mass is 19.1. The molecule has 0 aliphatic heterocycles. The lowest BCUT2D eigenvalue weighted by molar-refractivity contribution is 0.116. The summed E-state index contributed by atoms with van der Waals surface area (Å²) in [5.41, 5.74) is 0.724. The van der Waals surface area contributed by atoms with Crippen molar-refractivity contribution >= 4 is 0 Å². The number of hydrogen-bond acceptors (Lipinski definition) is 3. The SMILES string of the molecule is NOCC1(c2ccc(O)c(F)c2)CC1. The van der Waals surface area contributed by atoms with Crippen LogP contribution in [0.1, 0.15) is 18.4 Å². The average molecular weight is 197 g/mol. The van der Waals surface area contributed by atoms with Gasteiger partial charge in [-0.2, -0.15) is 0 Å². The van der Waals surface area contributed by atoms with Crippen molar-refractivity contribution in [1.29, 1.82) is 0 Å². The number of rotatable bonds is 3. The molecule has 0 spiro atoms. The Labute approximate surface area is 81.3 Å². The summed E-state index contributed by atoms with van der Waals surface area (Å²) in [5.74, 6) is 4.10. The quantitative estimate of drug-likeness (QED) is 0.721. The van der Waals surface area contributed by atoms with E-state index >= 15 is 0 Å². The summed E-state index contributed by atoms with van der Waals surface area (Å²) >= 11 is 0. The zero-order chi connectivity index (χ0) is 10.2. The molecule has 14 heavy (non-hydrogen) atoms. The van der Waals surface area contributed by atoms with Crippen LogP contribution in [0.5, 0.6) is 5.75 Å². The minimum atomic E-state index is -0.592. The molecule has 0 unspecified atom stereocenters. The molecule has 1 aliphatic carbocycles. The van der Waals surface area contributed by atoms with E-state index in [1.807, 2.05) is 0 Å². The molecule has 3 nitrogen and oxygen atoms in total. The molecule has 0 amide bonds. The van der Waals surface area contributed by atoms with Crippen LogP contribution < -0.4 is 5.90 Å². The minimum absolute atomic E-state index is 0.122. The molecule has 0 heterocycles. The van der Waals surface area contributed by atoms with E-state index in [0.29, 0.717) is 6.61 Å². The molecule has 1 aromatic rings. The number of halogens is 1. The van der Waals surface area contributed by atoms with E-state index in [1.165, 1.54) is 12.1 Å². The van der Waals surface area contributed by atoms with Crippen LogP contribution in [-0.4, -0.2) is 11.7 Å². The molecule has 4 heteroatoms. The Balaban J connectivity index is 2.28. The van der Waals surface area contributed by atoms with E-state index in [9.17, 15) is 4.39 Å². The van der Waals surface area contributed by atoms with Gasteiger partial charge in [0.1, 0.15) is 0 Å². The normalized spacial score (nSPS) is 18.1. The summed E-state index contributed by atoms with van der Waals surface area (Å²) in [4.78, 5) is 4.61. The van der Waals surface area contributed by atoms with E-state index in [1.54, 1.807) is 6.07 Å². The summed E-state index contributed by atoms with van der Waals surface area (Å²) in [6, 6.07) is 4.42. The molecule has 0 saturated heterocycles. The topological polar surface area (TPSA) is 55.5 Å². The fourth-order valence-corrected chi connectivity index (χ4v) is 1.66. The maximum atomic E-state index is 13.1. The second-order valence-electron chi connectivity index (χ2n) is 3.76. The lowest BCUT2D eigenvalue weighted by atomic mass is 9.97. The smallest absolute Gasteiger partial charge is 0.165 e. The first-order valence-corrected chi connectivity index (χ1v) is 4.49. The predicted molar refractivity (Wildman–Crippen MR) is 49.1 cm³/mol. The van der Waals surface area contributed by atoms with Gasteiger partial charge in [0, 0.05) is 5.41 Å². The molecule has 1 aromatic carbocycles. The van der Waals surface area contributed by atoms with Crippen molar-refractivity contribution in [3.8, 4) is 5.75 Å². The van der Waals surface area contributed by atoms with Gasteiger partial charge in [0.2, 0.25) is 0 Å². The summed E-state index contributed by atoms with van der Waals surface area (Å²) in [6.07, 6.45) is 1.91. The second-order valence-corrected chi connectivity index (χ2v) is 3.76. The van der Waals surface area contributed by atoms with Crippen molar-refractivity contribution in [3.05, 3.63) is 29.6 Å². The molecule has 3 N–H and O–H groups in total. The monoisotopic (exact) mass is 197 g/mol. The van der Waals surface area contributed by atoms with Crippen molar-refractivity contribution in [2.45, 2.75) is 18.3 Å². The fraction of sp³-hybridized carbons (Fsp3) is 0.400. The van der Waals surface area contributed by atoms with Gasteiger partial charge in [-0.05, 0) is 30.5 Å². The largest absolute Gasteiger partial charge is 0.505 e. The van der Waals surface area contributed by atoms with E-state index in [0.717, 1.165) is 18.4 Å². The Kier molecular flexibility index (Phi) is 2.17. The van der Waals surface area contributed by atoms with Crippen molar-refractivity contribution in [1.82, 2.24) is 0 Å². The zero-order valence-corrected chi connectivity index (χ0v) is 7.66. The average Bonchev–Trinajstić information content (AvgIpc) is 2.91. The molecular weight excluding hydrogens is 185 g/mol. The Morgan fingerprint density at radius 2 is 2.21 bits per heavy atom. The molecule has 0 bridgehead atoms. The summed E-state index contributed by atoms with van der Waals surface area (Å²) in [5, 5.41) is 9.03. The predicted octanol–water partition coefficient (Wildman–Crippen LogP) is 1.45. The van der Waals surface area contributed by atoms with Crippen LogP contribution in [0.15, 0.2) is 18.2 Å². The molecule has 2 rings (SSSR count). The van der Waals surface area contributed by atoms with Gasteiger partial charge < -0.3 is 9.94 Å². The minimum Gasteiger partial charge on any atom is -0.505 e. The van der Waals surface area contributed by atoms with Crippen molar-refractivity contribution in [2.75, 3.05) is 6.61 Å². The van der Waals surface area contributed by atoms with Crippen molar-refractivity contribution in [2.24, 2.45) is 5.90 Å². The number of aromatic hydroxyl groups is 1. The van der Waals surface area contributed by atoms with Gasteiger partial charge in [0.05, 0.1) is 6.61 Å². The maximum Gasteiger partial charge on any atom is 0.165 e. The molecule has 1 saturated carbocycles. The Hall–Kier alpha value is -1.13. The van der Waals surface area contributed by atoms with Gasteiger partial charge in [-0.3, -0.25) is 0 Å². The first-order valence-electron chi connectivity index (χ1n) is 4.49. The highest BCUT2D eigenvalue weighted by Gasteiger charge is 2.44. The number of phenols is 1. The van der Waals surface area contributed by atoms with Crippen molar-refractivity contribution < 1.29 is 14.3 Å². The highest BCUT2D eigenvalue weighted by Crippen LogP contribution is 2.48. The van der Waals surface area contributed by atoms with Crippen LogP contribution in [0, 0.1) is 5.82 Å². The van der Waals surface area contributed by atoms with Gasteiger partial charge in [0.25, 0.3) is 0 Å². The third-order valence-corrected chi connectivity index (χ3v) is 2.77. The Morgan fingerprint density at radius 3 is 2.71 bits per heavy atom. The zero-order valence-electron chi connectivity index (χ0n) is 7.66. The molecule has 0 radical (unpaired) electrons. The summed E-state index contributed by atoms with van der Waals surface area (Å²) in [6.45, 7) is 0.400. The molecule has 0 atom stereocenters. The third kappa shape index (κ3) is 1.47. The van der Waals surface area contributed by atoms with Crippen LogP contribution in [-0.2, 0) is 10.3 Å². The maximum absolute atomic E-state index is 13.1. The Bertz CT molecular complexity index is 350. The van der Waals surface area contributed by atoms with E-state index < -0.39 is 5.82 Å². The van der Waals surface area contributed by atoms with Gasteiger partial charge in [0.15, 0.2) is 11.6 Å².